The molecule has 2 rings (SSSR count). The van der Waals surface area contributed by atoms with Crippen LogP contribution in [0.5, 0.6) is 0 Å². The van der Waals surface area contributed by atoms with E-state index < -0.39 is 0 Å². The Morgan fingerprint density at radius 1 is 1.22 bits per heavy atom. The van der Waals surface area contributed by atoms with Gasteiger partial charge in [0.1, 0.15) is 5.76 Å². The maximum Gasteiger partial charge on any atom is 0.149 e. The molecule has 0 bridgehead atoms. The van der Waals surface area contributed by atoms with E-state index in [9.17, 15) is 0 Å². The van der Waals surface area contributed by atoms with E-state index in [0.717, 1.165) is 17.0 Å². The average Bonchev–Trinajstić information content (AvgIpc) is 2.86. The van der Waals surface area contributed by atoms with E-state index in [2.05, 4.69) is 10.5 Å². The second kappa shape index (κ2) is 5.94. The van der Waals surface area contributed by atoms with Crippen LogP contribution < -0.4 is 5.43 Å². The lowest BCUT2D eigenvalue weighted by Crippen LogP contribution is -2.09. The van der Waals surface area contributed by atoms with Crippen molar-refractivity contribution < 1.29 is 4.42 Å². The quantitative estimate of drug-likeness (QED) is 0.677. The monoisotopic (exact) mass is 282 g/mol. The fraction of sp³-hybridized carbons (Fsp3) is 0.154. The second-order valence-electron chi connectivity index (χ2n) is 3.71. The minimum Gasteiger partial charge on any atom is -0.463 e. The highest BCUT2D eigenvalue weighted by Crippen LogP contribution is 2.23. The lowest BCUT2D eigenvalue weighted by Gasteiger charge is -2.06. The van der Waals surface area contributed by atoms with Crippen molar-refractivity contribution in [1.82, 2.24) is 5.43 Å². The van der Waals surface area contributed by atoms with Crippen molar-refractivity contribution in [3.63, 3.8) is 0 Å². The summed E-state index contributed by atoms with van der Waals surface area (Å²) < 4.78 is 5.22. The van der Waals surface area contributed by atoms with Crippen LogP contribution in [0.2, 0.25) is 10.0 Å². The zero-order chi connectivity index (χ0) is 13.0. The smallest absolute Gasteiger partial charge is 0.149 e. The lowest BCUT2D eigenvalue weighted by atomic mass is 10.2. The first kappa shape index (κ1) is 13.0. The number of nitrogens with zero attached hydrogens (tertiary/aromatic N) is 1. The van der Waals surface area contributed by atoms with Crippen molar-refractivity contribution in [2.75, 3.05) is 0 Å². The van der Waals surface area contributed by atoms with Crippen LogP contribution in [0.1, 0.15) is 18.2 Å². The van der Waals surface area contributed by atoms with E-state index in [1.807, 2.05) is 25.1 Å². The van der Waals surface area contributed by atoms with Gasteiger partial charge in [-0.1, -0.05) is 29.3 Å². The first-order chi connectivity index (χ1) is 8.68. The fourth-order valence-corrected chi connectivity index (χ4v) is 2.01. The molecule has 0 saturated carbocycles. The molecule has 0 amide bonds. The van der Waals surface area contributed by atoms with Crippen LogP contribution in [0.3, 0.4) is 0 Å². The summed E-state index contributed by atoms with van der Waals surface area (Å²) in [6.45, 7) is 2.33. The first-order valence-electron chi connectivity index (χ1n) is 5.42. The fourth-order valence-electron chi connectivity index (χ4n) is 1.48. The lowest BCUT2D eigenvalue weighted by molar-refractivity contribution is 0.555. The van der Waals surface area contributed by atoms with Gasteiger partial charge in [0.25, 0.3) is 0 Å². The highest BCUT2D eigenvalue weighted by molar-refractivity contribution is 6.35. The Hall–Kier alpha value is -1.45. The summed E-state index contributed by atoms with van der Waals surface area (Å²) in [5.74, 6) is 0.729. The summed E-state index contributed by atoms with van der Waals surface area (Å²) in [6, 6.07) is 9.08. The Balaban J connectivity index is 2.02. The van der Waals surface area contributed by atoms with Crippen LogP contribution in [0.4, 0.5) is 0 Å². The van der Waals surface area contributed by atoms with Crippen LogP contribution in [0, 0.1) is 0 Å². The summed E-state index contributed by atoms with van der Waals surface area (Å²) in [7, 11) is 0. The highest BCUT2D eigenvalue weighted by atomic mass is 35.5. The van der Waals surface area contributed by atoms with Gasteiger partial charge in [-0.2, -0.15) is 5.10 Å². The molecule has 1 aromatic carbocycles. The van der Waals surface area contributed by atoms with Gasteiger partial charge in [0.05, 0.1) is 18.5 Å². The summed E-state index contributed by atoms with van der Waals surface area (Å²) in [4.78, 5) is 0. The van der Waals surface area contributed by atoms with Crippen molar-refractivity contribution in [1.29, 1.82) is 0 Å². The van der Waals surface area contributed by atoms with Crippen LogP contribution >= 0.6 is 23.2 Å². The summed E-state index contributed by atoms with van der Waals surface area (Å²) in [6.07, 6.45) is 1.61. The molecule has 0 fully saturated rings. The minimum atomic E-state index is 0.469. The van der Waals surface area contributed by atoms with Crippen LogP contribution in [-0.2, 0) is 6.54 Å². The molecular formula is C13H12Cl2N2O. The van der Waals surface area contributed by atoms with Gasteiger partial charge in [0.2, 0.25) is 0 Å². The van der Waals surface area contributed by atoms with Gasteiger partial charge in [-0.25, -0.2) is 0 Å². The molecule has 0 spiro atoms. The molecule has 18 heavy (non-hydrogen) atoms. The number of benzene rings is 1. The molecular weight excluding hydrogens is 271 g/mol. The van der Waals surface area contributed by atoms with Gasteiger partial charge in [0.15, 0.2) is 0 Å². The highest BCUT2D eigenvalue weighted by Gasteiger charge is 2.04. The minimum absolute atomic E-state index is 0.469. The van der Waals surface area contributed by atoms with E-state index in [4.69, 9.17) is 27.6 Å². The first-order valence-corrected chi connectivity index (χ1v) is 6.18. The van der Waals surface area contributed by atoms with E-state index in [1.165, 1.54) is 0 Å². The van der Waals surface area contributed by atoms with Gasteiger partial charge >= 0.3 is 0 Å². The molecule has 0 aliphatic heterocycles. The molecule has 0 unspecified atom stereocenters. The summed E-state index contributed by atoms with van der Waals surface area (Å²) in [5, 5.41) is 5.45. The van der Waals surface area contributed by atoms with Crippen molar-refractivity contribution in [3.05, 3.63) is 58.0 Å². The van der Waals surface area contributed by atoms with E-state index >= 15 is 0 Å². The van der Waals surface area contributed by atoms with Crippen molar-refractivity contribution in [2.45, 2.75) is 13.5 Å². The van der Waals surface area contributed by atoms with Crippen LogP contribution in [0.15, 0.2) is 46.1 Å². The van der Waals surface area contributed by atoms with E-state index in [0.29, 0.717) is 16.6 Å². The van der Waals surface area contributed by atoms with Gasteiger partial charge in [-0.15, -0.1) is 0 Å². The molecule has 1 N–H and O–H groups in total. The number of halogens is 2. The number of hydrogen-bond acceptors (Lipinski definition) is 3. The molecule has 0 atom stereocenters. The number of rotatable bonds is 4. The predicted octanol–water partition coefficient (Wildman–Crippen LogP) is 4.10. The Morgan fingerprint density at radius 3 is 2.56 bits per heavy atom. The molecule has 1 aromatic heterocycles. The molecule has 94 valence electrons. The predicted molar refractivity (Wildman–Crippen MR) is 74.2 cm³/mol. The molecule has 3 nitrogen and oxygen atoms in total. The van der Waals surface area contributed by atoms with E-state index in [1.54, 1.807) is 18.4 Å². The zero-order valence-corrected chi connectivity index (χ0v) is 11.3. The SMILES string of the molecule is C/C(=N\NCc1c(Cl)cccc1Cl)c1ccco1. The van der Waals surface area contributed by atoms with Crippen molar-refractivity contribution in [3.8, 4) is 0 Å². The normalized spacial score (nSPS) is 11.6. The summed E-state index contributed by atoms with van der Waals surface area (Å²) in [5.41, 5.74) is 4.53. The molecule has 2 aromatic rings. The van der Waals surface area contributed by atoms with Gasteiger partial charge in [-0.3, -0.25) is 0 Å². The third-order valence-electron chi connectivity index (χ3n) is 2.44. The Morgan fingerprint density at radius 2 is 1.94 bits per heavy atom. The molecule has 0 saturated heterocycles. The third-order valence-corrected chi connectivity index (χ3v) is 3.15. The topological polar surface area (TPSA) is 37.5 Å². The maximum atomic E-state index is 6.05. The van der Waals surface area contributed by atoms with Crippen molar-refractivity contribution in [2.24, 2.45) is 5.10 Å². The van der Waals surface area contributed by atoms with E-state index in [-0.39, 0.29) is 0 Å². The Kier molecular flexibility index (Phi) is 4.28. The number of hydrazone groups is 1. The molecule has 0 radical (unpaired) electrons. The second-order valence-corrected chi connectivity index (χ2v) is 4.52. The average molecular weight is 283 g/mol. The maximum absolute atomic E-state index is 6.05. The summed E-state index contributed by atoms with van der Waals surface area (Å²) >= 11 is 12.1. The van der Waals surface area contributed by atoms with Gasteiger partial charge < -0.3 is 9.84 Å². The molecule has 1 heterocycles. The third kappa shape index (κ3) is 3.06. The zero-order valence-electron chi connectivity index (χ0n) is 9.78. The van der Waals surface area contributed by atoms with Crippen molar-refractivity contribution >= 4 is 28.9 Å². The van der Waals surface area contributed by atoms with Gasteiger partial charge in [-0.05, 0) is 31.2 Å². The molecule has 0 aliphatic carbocycles. The van der Waals surface area contributed by atoms with Crippen LogP contribution in [0.25, 0.3) is 0 Å². The molecule has 5 heteroatoms. The van der Waals surface area contributed by atoms with Gasteiger partial charge in [0, 0.05) is 15.6 Å². The van der Waals surface area contributed by atoms with Crippen LogP contribution in [-0.4, -0.2) is 5.71 Å². The number of nitrogens with one attached hydrogen (secondary N) is 1. The number of hydrogen-bond donors (Lipinski definition) is 1. The molecule has 0 aliphatic rings. The Labute approximate surface area is 115 Å². The Bertz CT molecular complexity index is 530. The largest absolute Gasteiger partial charge is 0.463 e. The standard InChI is InChI=1S/C13H12Cl2N2O/c1-9(13-6-3-7-18-13)17-16-8-10-11(14)4-2-5-12(10)15/h2-7,16H,8H2,1H3/b17-9+. The number of furan rings is 1.